The van der Waals surface area contributed by atoms with Crippen molar-refractivity contribution in [1.82, 2.24) is 19.7 Å². The first kappa shape index (κ1) is 20.6. The minimum absolute atomic E-state index is 0.00584. The Morgan fingerprint density at radius 1 is 1.31 bits per heavy atom. The molecule has 0 saturated carbocycles. The SMILES string of the molecule is CCn1c(SCC(=O)N(C)C(C(N)=O)c2cccc(F)c2)nnc1-c1ccco1. The maximum atomic E-state index is 13.5. The first-order valence-corrected chi connectivity index (χ1v) is 9.81. The van der Waals surface area contributed by atoms with E-state index in [4.69, 9.17) is 10.2 Å². The summed E-state index contributed by atoms with van der Waals surface area (Å²) in [6.07, 6.45) is 1.55. The van der Waals surface area contributed by atoms with Gasteiger partial charge in [-0.3, -0.25) is 14.2 Å². The van der Waals surface area contributed by atoms with Gasteiger partial charge in [-0.2, -0.15) is 0 Å². The van der Waals surface area contributed by atoms with Crippen molar-refractivity contribution >= 4 is 23.6 Å². The minimum Gasteiger partial charge on any atom is -0.461 e. The fourth-order valence-corrected chi connectivity index (χ4v) is 3.82. The summed E-state index contributed by atoms with van der Waals surface area (Å²) in [5.74, 6) is -0.455. The molecule has 0 radical (unpaired) electrons. The van der Waals surface area contributed by atoms with Crippen LogP contribution in [-0.2, 0) is 16.1 Å². The van der Waals surface area contributed by atoms with Gasteiger partial charge in [-0.1, -0.05) is 23.9 Å². The summed E-state index contributed by atoms with van der Waals surface area (Å²) >= 11 is 1.18. The molecular weight excluding hydrogens is 397 g/mol. The van der Waals surface area contributed by atoms with Crippen molar-refractivity contribution in [3.63, 3.8) is 0 Å². The average molecular weight is 417 g/mol. The van der Waals surface area contributed by atoms with E-state index < -0.39 is 17.8 Å². The lowest BCUT2D eigenvalue weighted by atomic mass is 10.0. The molecule has 0 fully saturated rings. The van der Waals surface area contributed by atoms with Crippen LogP contribution in [0.4, 0.5) is 4.39 Å². The summed E-state index contributed by atoms with van der Waals surface area (Å²) in [6.45, 7) is 2.52. The molecule has 0 spiro atoms. The van der Waals surface area contributed by atoms with Crippen LogP contribution in [-0.4, -0.2) is 44.3 Å². The normalized spacial score (nSPS) is 12.0. The lowest BCUT2D eigenvalue weighted by Crippen LogP contribution is -2.40. The number of carbonyl (C=O) groups is 2. The van der Waals surface area contributed by atoms with E-state index in [1.165, 1.54) is 41.9 Å². The zero-order valence-electron chi connectivity index (χ0n) is 15.9. The van der Waals surface area contributed by atoms with Crippen LogP contribution in [0.3, 0.4) is 0 Å². The molecule has 10 heteroatoms. The molecule has 0 aliphatic rings. The van der Waals surface area contributed by atoms with Crippen molar-refractivity contribution in [1.29, 1.82) is 0 Å². The number of primary amides is 1. The van der Waals surface area contributed by atoms with Crippen LogP contribution >= 0.6 is 11.8 Å². The quantitative estimate of drug-likeness (QED) is 0.564. The van der Waals surface area contributed by atoms with Gasteiger partial charge >= 0.3 is 0 Å². The van der Waals surface area contributed by atoms with Crippen LogP contribution in [0, 0.1) is 5.82 Å². The molecule has 8 nitrogen and oxygen atoms in total. The standard InChI is InChI=1S/C19H20FN5O3S/c1-3-25-18(14-8-5-9-28-14)22-23-19(25)29-11-15(26)24(2)16(17(21)27)12-6-4-7-13(20)10-12/h4-10,16H,3,11H2,1-2H3,(H2,21,27). The van der Waals surface area contributed by atoms with Crippen LogP contribution < -0.4 is 5.73 Å². The lowest BCUT2D eigenvalue weighted by molar-refractivity contribution is -0.136. The van der Waals surface area contributed by atoms with Gasteiger partial charge in [0.05, 0.1) is 12.0 Å². The third kappa shape index (κ3) is 4.48. The fraction of sp³-hybridized carbons (Fsp3) is 0.263. The molecule has 2 N–H and O–H groups in total. The van der Waals surface area contributed by atoms with Gasteiger partial charge in [0.2, 0.25) is 11.8 Å². The number of nitrogens with two attached hydrogens (primary N) is 1. The Kier molecular flexibility index (Phi) is 6.32. The number of hydrogen-bond donors (Lipinski definition) is 1. The number of nitrogens with zero attached hydrogens (tertiary/aromatic N) is 4. The highest BCUT2D eigenvalue weighted by Gasteiger charge is 2.27. The predicted molar refractivity (Wildman–Crippen MR) is 105 cm³/mol. The second kappa shape index (κ2) is 8.91. The molecule has 1 atom stereocenters. The Morgan fingerprint density at radius 2 is 2.10 bits per heavy atom. The molecule has 3 aromatic rings. The van der Waals surface area contributed by atoms with Gasteiger partial charge in [-0.25, -0.2) is 4.39 Å². The Morgan fingerprint density at radius 3 is 2.72 bits per heavy atom. The van der Waals surface area contributed by atoms with Gasteiger partial charge in [-0.15, -0.1) is 10.2 Å². The zero-order chi connectivity index (χ0) is 21.0. The third-order valence-electron chi connectivity index (χ3n) is 4.31. The van der Waals surface area contributed by atoms with E-state index in [1.807, 2.05) is 11.5 Å². The Hall–Kier alpha value is -3.14. The van der Waals surface area contributed by atoms with Crippen molar-refractivity contribution in [2.45, 2.75) is 24.7 Å². The number of furan rings is 1. The van der Waals surface area contributed by atoms with Crippen LogP contribution in [0.2, 0.25) is 0 Å². The van der Waals surface area contributed by atoms with E-state index >= 15 is 0 Å². The molecule has 2 aromatic heterocycles. The summed E-state index contributed by atoms with van der Waals surface area (Å²) in [6, 6.07) is 7.93. The highest BCUT2D eigenvalue weighted by Crippen LogP contribution is 2.26. The van der Waals surface area contributed by atoms with Gasteiger partial charge in [0, 0.05) is 13.6 Å². The number of carbonyl (C=O) groups excluding carboxylic acids is 2. The van der Waals surface area contributed by atoms with Crippen molar-refractivity contribution in [2.24, 2.45) is 5.73 Å². The topological polar surface area (TPSA) is 107 Å². The number of amides is 2. The Balaban J connectivity index is 1.74. The minimum atomic E-state index is -1.07. The Labute approximate surface area is 170 Å². The summed E-state index contributed by atoms with van der Waals surface area (Å²) in [7, 11) is 1.46. The monoisotopic (exact) mass is 417 g/mol. The number of hydrogen-bond acceptors (Lipinski definition) is 6. The number of aromatic nitrogens is 3. The van der Waals surface area contributed by atoms with Gasteiger partial charge in [0.1, 0.15) is 11.9 Å². The first-order valence-electron chi connectivity index (χ1n) is 8.82. The average Bonchev–Trinajstić information content (AvgIpc) is 3.35. The van der Waals surface area contributed by atoms with E-state index in [1.54, 1.807) is 24.5 Å². The van der Waals surface area contributed by atoms with Crippen LogP contribution in [0.15, 0.2) is 52.2 Å². The smallest absolute Gasteiger partial charge is 0.244 e. The zero-order valence-corrected chi connectivity index (χ0v) is 16.7. The second-order valence-corrected chi connectivity index (χ2v) is 7.12. The van der Waals surface area contributed by atoms with Gasteiger partial charge in [-0.05, 0) is 36.8 Å². The van der Waals surface area contributed by atoms with Gasteiger partial charge in [0.15, 0.2) is 16.7 Å². The molecule has 3 rings (SSSR count). The maximum Gasteiger partial charge on any atom is 0.244 e. The Bertz CT molecular complexity index is 1010. The first-order chi connectivity index (χ1) is 13.9. The summed E-state index contributed by atoms with van der Waals surface area (Å²) < 4.78 is 20.7. The molecule has 0 aliphatic heterocycles. The molecule has 1 unspecified atom stereocenters. The second-order valence-electron chi connectivity index (χ2n) is 6.18. The van der Waals surface area contributed by atoms with Crippen LogP contribution in [0.25, 0.3) is 11.6 Å². The lowest BCUT2D eigenvalue weighted by Gasteiger charge is -2.26. The largest absolute Gasteiger partial charge is 0.461 e. The highest BCUT2D eigenvalue weighted by atomic mass is 32.2. The van der Waals surface area contributed by atoms with Crippen molar-refractivity contribution in [3.05, 3.63) is 54.0 Å². The molecule has 0 aliphatic carbocycles. The maximum absolute atomic E-state index is 13.5. The number of rotatable bonds is 8. The van der Waals surface area contributed by atoms with Crippen molar-refractivity contribution in [2.75, 3.05) is 12.8 Å². The molecule has 2 amide bonds. The fourth-order valence-electron chi connectivity index (χ4n) is 2.90. The predicted octanol–water partition coefficient (Wildman–Crippen LogP) is 2.47. The molecule has 2 heterocycles. The number of likely N-dealkylation sites (N-methyl/N-ethyl adjacent to an activating group) is 1. The van der Waals surface area contributed by atoms with Crippen molar-refractivity contribution in [3.8, 4) is 11.6 Å². The van der Waals surface area contributed by atoms with E-state index in [-0.39, 0.29) is 11.7 Å². The molecule has 0 bridgehead atoms. The van der Waals surface area contributed by atoms with E-state index in [0.29, 0.717) is 28.8 Å². The van der Waals surface area contributed by atoms with Gasteiger partial charge < -0.3 is 15.1 Å². The molecule has 1 aromatic carbocycles. The third-order valence-corrected chi connectivity index (χ3v) is 5.27. The summed E-state index contributed by atoms with van der Waals surface area (Å²) in [5.41, 5.74) is 5.78. The van der Waals surface area contributed by atoms with Crippen molar-refractivity contribution < 1.29 is 18.4 Å². The number of benzene rings is 1. The molecule has 0 saturated heterocycles. The van der Waals surface area contributed by atoms with E-state index in [0.717, 1.165) is 0 Å². The summed E-state index contributed by atoms with van der Waals surface area (Å²) in [5, 5.41) is 8.80. The number of halogens is 1. The molecule has 152 valence electrons. The van der Waals surface area contributed by atoms with E-state index in [2.05, 4.69) is 10.2 Å². The molecule has 29 heavy (non-hydrogen) atoms. The summed E-state index contributed by atoms with van der Waals surface area (Å²) in [4.78, 5) is 25.8. The highest BCUT2D eigenvalue weighted by molar-refractivity contribution is 7.99. The van der Waals surface area contributed by atoms with Crippen LogP contribution in [0.1, 0.15) is 18.5 Å². The number of thioether (sulfide) groups is 1. The van der Waals surface area contributed by atoms with E-state index in [9.17, 15) is 14.0 Å². The molecular formula is C19H20FN5O3S. The van der Waals surface area contributed by atoms with Crippen LogP contribution in [0.5, 0.6) is 0 Å². The van der Waals surface area contributed by atoms with Gasteiger partial charge in [0.25, 0.3) is 0 Å².